The average molecular weight is 318 g/mol. The van der Waals surface area contributed by atoms with E-state index in [1.165, 1.54) is 25.2 Å². The zero-order valence-corrected chi connectivity index (χ0v) is 11.8. The first kappa shape index (κ1) is 15.8. The van der Waals surface area contributed by atoms with Crippen LogP contribution >= 0.6 is 11.6 Å². The van der Waals surface area contributed by atoms with Gasteiger partial charge in [-0.1, -0.05) is 17.7 Å². The van der Waals surface area contributed by atoms with Crippen molar-refractivity contribution in [3.8, 4) is 0 Å². The molecule has 1 atom stereocenters. The Morgan fingerprint density at radius 1 is 1.05 bits per heavy atom. The molecule has 0 bridgehead atoms. The number of nitrogens with one attached hydrogen (secondary N) is 1. The Balaban J connectivity index is 2.42. The Morgan fingerprint density at radius 2 is 1.67 bits per heavy atom. The molecule has 0 aliphatic rings. The van der Waals surface area contributed by atoms with Gasteiger partial charge in [0.2, 0.25) is 0 Å². The minimum Gasteiger partial charge on any atom is -0.313 e. The lowest BCUT2D eigenvalue weighted by Gasteiger charge is -2.19. The smallest absolute Gasteiger partial charge is 0.133 e. The lowest BCUT2D eigenvalue weighted by Crippen LogP contribution is -2.22. The highest BCUT2D eigenvalue weighted by Crippen LogP contribution is 2.28. The van der Waals surface area contributed by atoms with E-state index in [2.05, 4.69) is 5.32 Å². The van der Waals surface area contributed by atoms with Crippen LogP contribution < -0.4 is 5.32 Å². The van der Waals surface area contributed by atoms with E-state index >= 15 is 0 Å². The van der Waals surface area contributed by atoms with Crippen molar-refractivity contribution in [2.45, 2.75) is 12.5 Å². The second kappa shape index (κ2) is 6.45. The van der Waals surface area contributed by atoms with E-state index in [9.17, 15) is 17.6 Å². The molecule has 2 aromatic rings. The van der Waals surface area contributed by atoms with E-state index < -0.39 is 29.3 Å². The summed E-state index contributed by atoms with van der Waals surface area (Å²) in [6.07, 6.45) is -0.0680. The third-order valence-corrected chi connectivity index (χ3v) is 3.56. The minimum absolute atomic E-state index is 0.0680. The molecule has 0 spiro atoms. The molecule has 0 fully saturated rings. The summed E-state index contributed by atoms with van der Waals surface area (Å²) in [4.78, 5) is 0. The second-order valence-corrected chi connectivity index (χ2v) is 4.94. The fourth-order valence-electron chi connectivity index (χ4n) is 2.17. The molecule has 1 nitrogen and oxygen atoms in total. The molecule has 0 amide bonds. The molecule has 112 valence electrons. The van der Waals surface area contributed by atoms with Gasteiger partial charge < -0.3 is 5.32 Å². The van der Waals surface area contributed by atoms with Crippen molar-refractivity contribution in [1.29, 1.82) is 0 Å². The number of likely N-dealkylation sites (N-methyl/N-ethyl adjacent to an activating group) is 1. The summed E-state index contributed by atoms with van der Waals surface area (Å²) in [6.45, 7) is 0. The van der Waals surface area contributed by atoms with Crippen LogP contribution in [0.3, 0.4) is 0 Å². The lowest BCUT2D eigenvalue weighted by molar-refractivity contribution is 0.470. The first-order valence-electron chi connectivity index (χ1n) is 6.18. The van der Waals surface area contributed by atoms with Crippen LogP contribution in [0.15, 0.2) is 30.3 Å². The van der Waals surface area contributed by atoms with E-state index in [1.807, 2.05) is 0 Å². The molecule has 0 aromatic heterocycles. The second-order valence-electron chi connectivity index (χ2n) is 4.53. The highest BCUT2D eigenvalue weighted by molar-refractivity contribution is 6.31. The van der Waals surface area contributed by atoms with E-state index in [4.69, 9.17) is 11.6 Å². The van der Waals surface area contributed by atoms with E-state index in [0.29, 0.717) is 12.1 Å². The van der Waals surface area contributed by atoms with E-state index in [1.54, 1.807) is 0 Å². The van der Waals surface area contributed by atoms with Gasteiger partial charge in [0.05, 0.1) is 0 Å². The molecule has 0 heterocycles. The average Bonchev–Trinajstić information content (AvgIpc) is 2.39. The predicted octanol–water partition coefficient (Wildman–Crippen LogP) is 4.40. The zero-order valence-electron chi connectivity index (χ0n) is 11.1. The summed E-state index contributed by atoms with van der Waals surface area (Å²) in [5.41, 5.74) is -0.208. The van der Waals surface area contributed by atoms with Crippen LogP contribution in [0, 0.1) is 23.3 Å². The Labute approximate surface area is 124 Å². The molecule has 0 radical (unpaired) electrons. The Hall–Kier alpha value is -1.59. The fraction of sp³-hybridized carbons (Fsp3) is 0.200. The largest absolute Gasteiger partial charge is 0.313 e. The maximum atomic E-state index is 13.8. The van der Waals surface area contributed by atoms with Gasteiger partial charge >= 0.3 is 0 Å². The van der Waals surface area contributed by atoms with Crippen LogP contribution in [0.5, 0.6) is 0 Å². The monoisotopic (exact) mass is 317 g/mol. The summed E-state index contributed by atoms with van der Waals surface area (Å²) < 4.78 is 54.3. The predicted molar refractivity (Wildman–Crippen MR) is 73.2 cm³/mol. The van der Waals surface area contributed by atoms with Gasteiger partial charge in [0.25, 0.3) is 0 Å². The molecule has 1 N–H and O–H groups in total. The topological polar surface area (TPSA) is 12.0 Å². The fourth-order valence-corrected chi connectivity index (χ4v) is 2.41. The quantitative estimate of drug-likeness (QED) is 0.824. The third-order valence-electron chi connectivity index (χ3n) is 3.21. The van der Waals surface area contributed by atoms with E-state index in [-0.39, 0.29) is 22.6 Å². The molecule has 0 saturated heterocycles. The van der Waals surface area contributed by atoms with Gasteiger partial charge in [-0.15, -0.1) is 0 Å². The molecule has 0 aliphatic carbocycles. The maximum Gasteiger partial charge on any atom is 0.133 e. The van der Waals surface area contributed by atoms with Gasteiger partial charge in [0, 0.05) is 34.3 Å². The Morgan fingerprint density at radius 3 is 2.19 bits per heavy atom. The van der Waals surface area contributed by atoms with Crippen molar-refractivity contribution in [3.05, 3.63) is 69.8 Å². The summed E-state index contributed by atoms with van der Waals surface area (Å²) >= 11 is 5.91. The lowest BCUT2D eigenvalue weighted by atomic mass is 9.97. The number of benzene rings is 2. The van der Waals surface area contributed by atoms with Crippen LogP contribution in [0.25, 0.3) is 0 Å². The highest BCUT2D eigenvalue weighted by atomic mass is 35.5. The molecule has 0 aliphatic heterocycles. The van der Waals surface area contributed by atoms with Gasteiger partial charge in [-0.3, -0.25) is 0 Å². The van der Waals surface area contributed by atoms with Gasteiger partial charge in [-0.2, -0.15) is 0 Å². The van der Waals surface area contributed by atoms with Crippen molar-refractivity contribution < 1.29 is 17.6 Å². The molecule has 2 aromatic carbocycles. The van der Waals surface area contributed by atoms with Crippen LogP contribution in [-0.2, 0) is 6.42 Å². The van der Waals surface area contributed by atoms with Crippen molar-refractivity contribution in [2.75, 3.05) is 7.05 Å². The molecule has 6 heteroatoms. The molecule has 21 heavy (non-hydrogen) atoms. The Kier molecular flexibility index (Phi) is 4.85. The zero-order chi connectivity index (χ0) is 15.6. The van der Waals surface area contributed by atoms with Gasteiger partial charge in [0.15, 0.2) is 0 Å². The van der Waals surface area contributed by atoms with E-state index in [0.717, 1.165) is 0 Å². The number of halogens is 5. The van der Waals surface area contributed by atoms with Crippen molar-refractivity contribution >= 4 is 11.6 Å². The number of rotatable bonds is 4. The van der Waals surface area contributed by atoms with Gasteiger partial charge in [-0.05, 0) is 25.6 Å². The SMILES string of the molecule is CNC(Cc1c(F)cccc1Cl)c1c(F)cc(F)cc1F. The van der Waals surface area contributed by atoms with Crippen molar-refractivity contribution in [2.24, 2.45) is 0 Å². The molecule has 2 rings (SSSR count). The minimum atomic E-state index is -1.03. The summed E-state index contributed by atoms with van der Waals surface area (Å²) in [6, 6.07) is 4.45. The summed E-state index contributed by atoms with van der Waals surface area (Å²) in [5.74, 6) is -3.63. The summed E-state index contributed by atoms with van der Waals surface area (Å²) in [7, 11) is 1.47. The summed E-state index contributed by atoms with van der Waals surface area (Å²) in [5, 5.41) is 2.86. The third kappa shape index (κ3) is 3.36. The number of hydrogen-bond donors (Lipinski definition) is 1. The van der Waals surface area contributed by atoms with Crippen molar-refractivity contribution in [3.63, 3.8) is 0 Å². The molecule has 0 saturated carbocycles. The standard InChI is InChI=1S/C15H12ClF4N/c1-21-14(7-9-10(16)3-2-4-11(9)18)15-12(19)5-8(17)6-13(15)20/h2-6,14,21H,7H2,1H3. The van der Waals surface area contributed by atoms with Crippen LogP contribution in [0.4, 0.5) is 17.6 Å². The molecular weight excluding hydrogens is 306 g/mol. The highest BCUT2D eigenvalue weighted by Gasteiger charge is 2.22. The van der Waals surface area contributed by atoms with Crippen LogP contribution in [0.1, 0.15) is 17.2 Å². The van der Waals surface area contributed by atoms with Crippen LogP contribution in [-0.4, -0.2) is 7.05 Å². The first-order chi connectivity index (χ1) is 9.93. The normalized spacial score (nSPS) is 12.5. The number of hydrogen-bond acceptors (Lipinski definition) is 1. The maximum absolute atomic E-state index is 13.8. The van der Waals surface area contributed by atoms with Crippen molar-refractivity contribution in [1.82, 2.24) is 5.32 Å². The van der Waals surface area contributed by atoms with Crippen LogP contribution in [0.2, 0.25) is 5.02 Å². The van der Waals surface area contributed by atoms with Gasteiger partial charge in [0.1, 0.15) is 23.3 Å². The van der Waals surface area contributed by atoms with Gasteiger partial charge in [-0.25, -0.2) is 17.6 Å². The molecular formula is C15H12ClF4N. The molecule has 1 unspecified atom stereocenters. The first-order valence-corrected chi connectivity index (χ1v) is 6.56. The Bertz CT molecular complexity index is 617.